The second-order valence-corrected chi connectivity index (χ2v) is 3.62. The fourth-order valence-electron chi connectivity index (χ4n) is 1.39. The molecule has 82 valence electrons. The van der Waals surface area contributed by atoms with Crippen LogP contribution in [0.3, 0.4) is 0 Å². The summed E-state index contributed by atoms with van der Waals surface area (Å²) in [7, 11) is 0. The molecule has 0 aromatic heterocycles. The third kappa shape index (κ3) is 2.48. The predicted octanol–water partition coefficient (Wildman–Crippen LogP) is 2.81. The van der Waals surface area contributed by atoms with E-state index in [1.807, 2.05) is 0 Å². The number of aromatic amines is 1. The highest BCUT2D eigenvalue weighted by Crippen LogP contribution is 2.14. The van der Waals surface area contributed by atoms with E-state index < -0.39 is 0 Å². The lowest BCUT2D eigenvalue weighted by Gasteiger charge is -1.90. The molecule has 4 nitrogen and oxygen atoms in total. The lowest BCUT2D eigenvalue weighted by atomic mass is 10.2. The monoisotopic (exact) mass is 215 g/mol. The van der Waals surface area contributed by atoms with Gasteiger partial charge in [0.25, 0.3) is 0 Å². The van der Waals surface area contributed by atoms with Crippen LogP contribution < -0.4 is 0 Å². The van der Waals surface area contributed by atoms with Crippen LogP contribution in [0.25, 0.3) is 11.5 Å². The van der Waals surface area contributed by atoms with Gasteiger partial charge >= 0.3 is 0 Å². The van der Waals surface area contributed by atoms with Gasteiger partial charge in [0.05, 0.1) is 12.4 Å². The van der Waals surface area contributed by atoms with Crippen molar-refractivity contribution in [1.82, 2.24) is 15.4 Å². The van der Waals surface area contributed by atoms with Crippen LogP contribution in [0, 0.1) is 13.8 Å². The van der Waals surface area contributed by atoms with Crippen molar-refractivity contribution < 1.29 is 4.52 Å². The highest BCUT2D eigenvalue weighted by atomic mass is 16.5. The molecule has 0 saturated carbocycles. The van der Waals surface area contributed by atoms with Gasteiger partial charge in [-0.25, -0.2) is 5.16 Å². The number of hydrogen-bond acceptors (Lipinski definition) is 3. The second-order valence-electron chi connectivity index (χ2n) is 3.62. The van der Waals surface area contributed by atoms with E-state index in [1.165, 1.54) is 11.1 Å². The van der Waals surface area contributed by atoms with E-state index >= 15 is 0 Å². The molecule has 2 aliphatic heterocycles. The molecule has 1 aromatic carbocycles. The molecular formula is C12H13N3O. The van der Waals surface area contributed by atoms with Crippen molar-refractivity contribution in [3.63, 3.8) is 0 Å². The number of fused-ring (bicyclic) bond motifs is 1. The van der Waals surface area contributed by atoms with E-state index in [-0.39, 0.29) is 0 Å². The third-order valence-corrected chi connectivity index (χ3v) is 2.13. The maximum absolute atomic E-state index is 4.81. The summed E-state index contributed by atoms with van der Waals surface area (Å²) in [5.41, 5.74) is 3.44. The summed E-state index contributed by atoms with van der Waals surface area (Å²) in [6, 6.07) is 8.45. The zero-order chi connectivity index (χ0) is 11.4. The first-order valence-corrected chi connectivity index (χ1v) is 5.03. The van der Waals surface area contributed by atoms with Crippen molar-refractivity contribution in [2.75, 3.05) is 0 Å². The molecule has 0 bridgehead atoms. The number of rotatable bonds is 0. The Hall–Kier alpha value is -2.10. The predicted molar refractivity (Wildman–Crippen MR) is 61.2 cm³/mol. The van der Waals surface area contributed by atoms with E-state index in [0.717, 1.165) is 5.69 Å². The van der Waals surface area contributed by atoms with E-state index in [1.54, 1.807) is 12.4 Å². The Morgan fingerprint density at radius 2 is 1.94 bits per heavy atom. The first-order chi connectivity index (χ1) is 7.75. The van der Waals surface area contributed by atoms with Crippen LogP contribution in [0.1, 0.15) is 11.1 Å². The van der Waals surface area contributed by atoms with Gasteiger partial charge in [0.2, 0.25) is 5.76 Å². The second kappa shape index (κ2) is 4.61. The molecule has 2 aliphatic rings. The number of aryl methyl sites for hydroxylation is 2. The zero-order valence-electron chi connectivity index (χ0n) is 9.27. The highest BCUT2D eigenvalue weighted by Gasteiger charge is 2.05. The number of nitrogens with zero attached hydrogens (tertiary/aromatic N) is 2. The van der Waals surface area contributed by atoms with Crippen LogP contribution in [-0.4, -0.2) is 15.4 Å². The van der Waals surface area contributed by atoms with Crippen molar-refractivity contribution in [2.45, 2.75) is 13.8 Å². The minimum absolute atomic E-state index is 0.699. The maximum Gasteiger partial charge on any atom is 0.204 e. The first kappa shape index (κ1) is 10.4. The molecule has 0 unspecified atom stereocenters. The van der Waals surface area contributed by atoms with Gasteiger partial charge in [-0.2, -0.15) is 5.10 Å². The van der Waals surface area contributed by atoms with Gasteiger partial charge in [-0.3, -0.25) is 0 Å². The van der Waals surface area contributed by atoms with Crippen LogP contribution in [0.5, 0.6) is 0 Å². The van der Waals surface area contributed by atoms with Gasteiger partial charge in [0.1, 0.15) is 0 Å². The molecule has 0 saturated heterocycles. The molecule has 0 spiro atoms. The van der Waals surface area contributed by atoms with Gasteiger partial charge in [0, 0.05) is 0 Å². The molecule has 0 aliphatic carbocycles. The molecule has 0 amide bonds. The number of H-pyrrole nitrogens is 1. The number of aromatic nitrogens is 3. The molecule has 3 rings (SSSR count). The Labute approximate surface area is 93.6 Å². The molecule has 1 aromatic rings. The fraction of sp³-hybridized carbons (Fsp3) is 0.167. The van der Waals surface area contributed by atoms with Crippen molar-refractivity contribution in [1.29, 1.82) is 0 Å². The average molecular weight is 215 g/mol. The first-order valence-electron chi connectivity index (χ1n) is 5.03. The van der Waals surface area contributed by atoms with Gasteiger partial charge in [0.15, 0.2) is 5.69 Å². The minimum Gasteiger partial charge on any atom is -0.378 e. The zero-order valence-corrected chi connectivity index (χ0v) is 9.27. The van der Waals surface area contributed by atoms with Crippen molar-refractivity contribution in [3.8, 4) is 11.5 Å². The quantitative estimate of drug-likeness (QED) is 0.627. The molecule has 0 atom stereocenters. The fourth-order valence-corrected chi connectivity index (χ4v) is 1.39. The van der Waals surface area contributed by atoms with Gasteiger partial charge in [-0.05, 0) is 13.8 Å². The SMILES string of the molecule is Cc1cccc(C)c1.c1[nH]oc2cnnc1-2. The standard InChI is InChI=1S/C8H10.C4H3N3O/c1-7-4-3-5-8(2)6-7;1-3-4(8-6-1)2-5-7-3/h3-6H,1-2H3;1-2,6H. The average Bonchev–Trinajstić information content (AvgIpc) is 2.78. The number of nitrogens with one attached hydrogen (secondary N) is 1. The smallest absolute Gasteiger partial charge is 0.204 e. The summed E-state index contributed by atoms with van der Waals surface area (Å²) >= 11 is 0. The van der Waals surface area contributed by atoms with Crippen LogP contribution in [-0.2, 0) is 0 Å². The topological polar surface area (TPSA) is 54.7 Å². The summed E-state index contributed by atoms with van der Waals surface area (Å²) in [6.07, 6.45) is 3.22. The molecule has 2 heterocycles. The Morgan fingerprint density at radius 3 is 2.50 bits per heavy atom. The minimum atomic E-state index is 0.699. The lowest BCUT2D eigenvalue weighted by Crippen LogP contribution is -1.71. The van der Waals surface area contributed by atoms with Crippen LogP contribution >= 0.6 is 0 Å². The summed E-state index contributed by atoms with van der Waals surface area (Å²) in [4.78, 5) is 0. The van der Waals surface area contributed by atoms with Crippen molar-refractivity contribution >= 4 is 0 Å². The molecule has 0 fully saturated rings. The molecule has 1 N–H and O–H groups in total. The summed E-state index contributed by atoms with van der Waals surface area (Å²) < 4.78 is 4.81. The van der Waals surface area contributed by atoms with E-state index in [2.05, 4.69) is 53.5 Å². The molecule has 0 radical (unpaired) electrons. The van der Waals surface area contributed by atoms with Gasteiger partial charge in [-0.1, -0.05) is 35.4 Å². The maximum atomic E-state index is 4.81. The molecule has 16 heavy (non-hydrogen) atoms. The Morgan fingerprint density at radius 1 is 1.19 bits per heavy atom. The van der Waals surface area contributed by atoms with E-state index in [9.17, 15) is 0 Å². The Bertz CT molecular complexity index is 464. The van der Waals surface area contributed by atoms with Gasteiger partial charge < -0.3 is 4.52 Å². The normalized spacial score (nSPS) is 9.88. The van der Waals surface area contributed by atoms with Gasteiger partial charge in [-0.15, -0.1) is 5.10 Å². The molecule has 4 heteroatoms. The van der Waals surface area contributed by atoms with Crippen molar-refractivity contribution in [3.05, 3.63) is 47.8 Å². The Balaban J connectivity index is 0.000000120. The largest absolute Gasteiger partial charge is 0.378 e. The lowest BCUT2D eigenvalue weighted by molar-refractivity contribution is 0.434. The van der Waals surface area contributed by atoms with E-state index in [4.69, 9.17) is 4.52 Å². The molecular weight excluding hydrogens is 202 g/mol. The van der Waals surface area contributed by atoms with Crippen LogP contribution in [0.2, 0.25) is 0 Å². The summed E-state index contributed by atoms with van der Waals surface area (Å²) in [5, 5.41) is 9.84. The van der Waals surface area contributed by atoms with Crippen LogP contribution in [0.15, 0.2) is 41.2 Å². The Kier molecular flexibility index (Phi) is 3.00. The number of hydrogen-bond donors (Lipinski definition) is 1. The van der Waals surface area contributed by atoms with Crippen molar-refractivity contribution in [2.24, 2.45) is 0 Å². The highest BCUT2D eigenvalue weighted by molar-refractivity contribution is 5.48. The summed E-state index contributed by atoms with van der Waals surface area (Å²) in [5.74, 6) is 0.699. The third-order valence-electron chi connectivity index (χ3n) is 2.13. The van der Waals surface area contributed by atoms with E-state index in [0.29, 0.717) is 5.76 Å². The number of benzene rings is 1. The van der Waals surface area contributed by atoms with Crippen LogP contribution in [0.4, 0.5) is 0 Å². The summed E-state index contributed by atoms with van der Waals surface area (Å²) in [6.45, 7) is 4.21.